The molecule has 3 nitrogen and oxygen atoms in total. The molecule has 0 amide bonds. The average Bonchev–Trinajstić information content (AvgIpc) is 3.04. The van der Waals surface area contributed by atoms with Gasteiger partial charge in [-0.25, -0.2) is 4.98 Å². The molecular formula is C16H21ClN2O. The Hall–Kier alpha value is -1.06. The summed E-state index contributed by atoms with van der Waals surface area (Å²) in [5.74, 6) is 2.00. The van der Waals surface area contributed by atoms with Gasteiger partial charge in [0.2, 0.25) is 0 Å². The highest BCUT2D eigenvalue weighted by molar-refractivity contribution is 6.16. The van der Waals surface area contributed by atoms with E-state index in [1.165, 1.54) is 11.1 Å². The highest BCUT2D eigenvalue weighted by atomic mass is 35.5. The summed E-state index contributed by atoms with van der Waals surface area (Å²) in [5, 5.41) is 0. The lowest BCUT2D eigenvalue weighted by Gasteiger charge is -2.19. The fourth-order valence-electron chi connectivity index (χ4n) is 3.30. The number of ether oxygens (including phenoxy) is 1. The van der Waals surface area contributed by atoms with Gasteiger partial charge in [0, 0.05) is 19.1 Å². The van der Waals surface area contributed by atoms with Crippen LogP contribution in [0.3, 0.4) is 0 Å². The van der Waals surface area contributed by atoms with Crippen LogP contribution in [0.4, 0.5) is 0 Å². The van der Waals surface area contributed by atoms with E-state index in [2.05, 4.69) is 41.6 Å². The van der Waals surface area contributed by atoms with Crippen molar-refractivity contribution in [2.45, 2.75) is 45.2 Å². The quantitative estimate of drug-likeness (QED) is 0.799. The Labute approximate surface area is 124 Å². The predicted octanol–water partition coefficient (Wildman–Crippen LogP) is 3.90. The SMILES string of the molecule is CCC1OCCC1Cn1c(CCl)nc2cccc(C)c21. The molecule has 2 heterocycles. The zero-order valence-electron chi connectivity index (χ0n) is 12.1. The zero-order chi connectivity index (χ0) is 14.1. The Kier molecular flexibility index (Phi) is 3.99. The smallest absolute Gasteiger partial charge is 0.124 e. The summed E-state index contributed by atoms with van der Waals surface area (Å²) in [5.41, 5.74) is 3.54. The molecule has 0 aliphatic carbocycles. The number of imidazole rings is 1. The number of alkyl halides is 1. The lowest BCUT2D eigenvalue weighted by molar-refractivity contribution is 0.0836. The van der Waals surface area contributed by atoms with Gasteiger partial charge in [-0.3, -0.25) is 0 Å². The molecule has 0 radical (unpaired) electrons. The molecule has 1 aliphatic rings. The minimum atomic E-state index is 0.375. The number of hydrogen-bond donors (Lipinski definition) is 0. The van der Waals surface area contributed by atoms with Crippen molar-refractivity contribution < 1.29 is 4.74 Å². The highest BCUT2D eigenvalue weighted by Gasteiger charge is 2.28. The minimum Gasteiger partial charge on any atom is -0.378 e. The first kappa shape index (κ1) is 13.9. The van der Waals surface area contributed by atoms with E-state index in [0.717, 1.165) is 37.3 Å². The molecule has 3 rings (SSSR count). The summed E-state index contributed by atoms with van der Waals surface area (Å²) < 4.78 is 8.12. The number of aromatic nitrogens is 2. The van der Waals surface area contributed by atoms with Gasteiger partial charge in [-0.05, 0) is 31.4 Å². The molecule has 2 unspecified atom stereocenters. The number of aryl methyl sites for hydroxylation is 1. The van der Waals surface area contributed by atoms with Crippen LogP contribution >= 0.6 is 11.6 Å². The van der Waals surface area contributed by atoms with Crippen molar-refractivity contribution in [2.24, 2.45) is 5.92 Å². The Morgan fingerprint density at radius 2 is 2.30 bits per heavy atom. The molecule has 1 fully saturated rings. The monoisotopic (exact) mass is 292 g/mol. The van der Waals surface area contributed by atoms with Gasteiger partial charge in [0.15, 0.2) is 0 Å². The second kappa shape index (κ2) is 5.74. The van der Waals surface area contributed by atoms with Crippen LogP contribution < -0.4 is 0 Å². The van der Waals surface area contributed by atoms with Crippen LogP contribution in [0.25, 0.3) is 11.0 Å². The van der Waals surface area contributed by atoms with Crippen molar-refractivity contribution in [3.8, 4) is 0 Å². The molecule has 1 saturated heterocycles. The van der Waals surface area contributed by atoms with Crippen molar-refractivity contribution >= 4 is 22.6 Å². The second-order valence-electron chi connectivity index (χ2n) is 5.58. The lowest BCUT2D eigenvalue weighted by Crippen LogP contribution is -2.21. The molecule has 2 aromatic rings. The molecule has 2 atom stereocenters. The first-order chi connectivity index (χ1) is 9.74. The molecule has 4 heteroatoms. The van der Waals surface area contributed by atoms with Gasteiger partial charge in [0.1, 0.15) is 5.82 Å². The van der Waals surface area contributed by atoms with Crippen LogP contribution in [-0.2, 0) is 17.2 Å². The summed E-state index contributed by atoms with van der Waals surface area (Å²) in [7, 11) is 0. The van der Waals surface area contributed by atoms with Crippen molar-refractivity contribution in [1.82, 2.24) is 9.55 Å². The van der Waals surface area contributed by atoms with E-state index >= 15 is 0 Å². The third-order valence-corrected chi connectivity index (χ3v) is 4.57. The molecule has 1 aromatic heterocycles. The van der Waals surface area contributed by atoms with Crippen LogP contribution in [0.15, 0.2) is 18.2 Å². The molecular weight excluding hydrogens is 272 g/mol. The van der Waals surface area contributed by atoms with E-state index in [0.29, 0.717) is 17.9 Å². The van der Waals surface area contributed by atoms with E-state index in [9.17, 15) is 0 Å². The third kappa shape index (κ3) is 2.33. The van der Waals surface area contributed by atoms with E-state index in [-0.39, 0.29) is 0 Å². The predicted molar refractivity (Wildman–Crippen MR) is 82.2 cm³/mol. The van der Waals surface area contributed by atoms with Gasteiger partial charge in [0.05, 0.1) is 23.0 Å². The maximum atomic E-state index is 6.10. The second-order valence-corrected chi connectivity index (χ2v) is 5.85. The Balaban J connectivity index is 2.01. The third-order valence-electron chi connectivity index (χ3n) is 4.33. The van der Waals surface area contributed by atoms with E-state index < -0.39 is 0 Å². The normalized spacial score (nSPS) is 22.8. The number of fused-ring (bicyclic) bond motifs is 1. The molecule has 1 aliphatic heterocycles. The Morgan fingerprint density at radius 3 is 3.05 bits per heavy atom. The zero-order valence-corrected chi connectivity index (χ0v) is 12.9. The number of nitrogens with zero attached hydrogens (tertiary/aromatic N) is 2. The summed E-state index contributed by atoms with van der Waals surface area (Å²) in [4.78, 5) is 4.68. The number of benzene rings is 1. The molecule has 0 N–H and O–H groups in total. The molecule has 1 aromatic carbocycles. The first-order valence-corrected chi connectivity index (χ1v) is 7.90. The number of hydrogen-bond acceptors (Lipinski definition) is 2. The van der Waals surface area contributed by atoms with Gasteiger partial charge >= 0.3 is 0 Å². The molecule has 20 heavy (non-hydrogen) atoms. The highest BCUT2D eigenvalue weighted by Crippen LogP contribution is 2.29. The molecule has 0 spiro atoms. The molecule has 108 valence electrons. The van der Waals surface area contributed by atoms with E-state index in [4.69, 9.17) is 16.3 Å². The van der Waals surface area contributed by atoms with E-state index in [1.54, 1.807) is 0 Å². The van der Waals surface area contributed by atoms with Crippen molar-refractivity contribution in [2.75, 3.05) is 6.61 Å². The van der Waals surface area contributed by atoms with Gasteiger partial charge in [-0.1, -0.05) is 19.1 Å². The summed E-state index contributed by atoms with van der Waals surface area (Å²) >= 11 is 6.10. The summed E-state index contributed by atoms with van der Waals surface area (Å²) in [6.45, 7) is 6.18. The lowest BCUT2D eigenvalue weighted by atomic mass is 9.99. The Morgan fingerprint density at radius 1 is 1.45 bits per heavy atom. The fraction of sp³-hybridized carbons (Fsp3) is 0.562. The van der Waals surface area contributed by atoms with Crippen LogP contribution in [0.1, 0.15) is 31.2 Å². The first-order valence-electron chi connectivity index (χ1n) is 7.37. The van der Waals surface area contributed by atoms with Gasteiger partial charge in [-0.15, -0.1) is 11.6 Å². The summed E-state index contributed by atoms with van der Waals surface area (Å²) in [6, 6.07) is 6.26. The minimum absolute atomic E-state index is 0.375. The van der Waals surface area contributed by atoms with Gasteiger partial charge in [0.25, 0.3) is 0 Å². The average molecular weight is 293 g/mol. The van der Waals surface area contributed by atoms with Crippen molar-refractivity contribution in [1.29, 1.82) is 0 Å². The van der Waals surface area contributed by atoms with Gasteiger partial charge in [-0.2, -0.15) is 0 Å². The van der Waals surface area contributed by atoms with Crippen LogP contribution in [-0.4, -0.2) is 22.3 Å². The topological polar surface area (TPSA) is 27.1 Å². The van der Waals surface area contributed by atoms with Crippen LogP contribution in [0.2, 0.25) is 0 Å². The molecule has 0 saturated carbocycles. The number of rotatable bonds is 4. The fourth-order valence-corrected chi connectivity index (χ4v) is 3.50. The van der Waals surface area contributed by atoms with Crippen molar-refractivity contribution in [3.05, 3.63) is 29.6 Å². The Bertz CT molecular complexity index is 608. The van der Waals surface area contributed by atoms with E-state index in [1.807, 2.05) is 0 Å². The van der Waals surface area contributed by atoms with Crippen LogP contribution in [0, 0.1) is 12.8 Å². The maximum Gasteiger partial charge on any atom is 0.124 e. The number of halogens is 1. The largest absolute Gasteiger partial charge is 0.378 e. The van der Waals surface area contributed by atoms with Crippen LogP contribution in [0.5, 0.6) is 0 Å². The van der Waals surface area contributed by atoms with Gasteiger partial charge < -0.3 is 9.30 Å². The number of para-hydroxylation sites is 1. The van der Waals surface area contributed by atoms with Crippen molar-refractivity contribution in [3.63, 3.8) is 0 Å². The summed E-state index contributed by atoms with van der Waals surface area (Å²) in [6.07, 6.45) is 2.58. The molecule has 0 bridgehead atoms. The maximum absolute atomic E-state index is 6.10. The standard InChI is InChI=1S/C16H21ClN2O/c1-3-14-12(7-8-20-14)10-19-15(9-17)18-13-6-4-5-11(2)16(13)19/h4-6,12,14H,3,7-10H2,1-2H3.